The molecule has 44 heavy (non-hydrogen) atoms. The first-order valence-electron chi connectivity index (χ1n) is 15.6. The van der Waals surface area contributed by atoms with E-state index < -0.39 is 26.0 Å². The third-order valence-corrected chi connectivity index (χ3v) is 13.8. The summed E-state index contributed by atoms with van der Waals surface area (Å²) in [6, 6.07) is 23.5. The zero-order valence-electron chi connectivity index (χ0n) is 26.5. The topological polar surface area (TPSA) is 96.3 Å². The van der Waals surface area contributed by atoms with Gasteiger partial charge in [0.25, 0.3) is 8.32 Å². The zero-order valence-corrected chi connectivity index (χ0v) is 27.5. The van der Waals surface area contributed by atoms with E-state index in [0.717, 1.165) is 40.8 Å². The van der Waals surface area contributed by atoms with Gasteiger partial charge in [0.05, 0.1) is 12.2 Å². The van der Waals surface area contributed by atoms with E-state index in [1.165, 1.54) is 0 Å². The maximum atomic E-state index is 12.7. The number of nitrogens with zero attached hydrogens (tertiary/aromatic N) is 1. The van der Waals surface area contributed by atoms with Gasteiger partial charge in [0, 0.05) is 18.7 Å². The van der Waals surface area contributed by atoms with Gasteiger partial charge in [0.15, 0.2) is 0 Å². The number of hydrogen-bond donors (Lipinski definition) is 2. The summed E-state index contributed by atoms with van der Waals surface area (Å²) in [7, 11) is -3.05. The number of fused-ring (bicyclic) bond motifs is 1. The number of carboxylic acids is 1. The van der Waals surface area contributed by atoms with Gasteiger partial charge in [-0.3, -0.25) is 0 Å². The number of carbonyl (C=O) groups excluding carboxylic acids is 1. The molecule has 1 saturated carbocycles. The number of rotatable bonds is 10. The summed E-state index contributed by atoms with van der Waals surface area (Å²) in [4.78, 5) is 38.7. The Hall–Kier alpha value is -3.62. The van der Waals surface area contributed by atoms with Crippen molar-refractivity contribution in [1.29, 1.82) is 0 Å². The summed E-state index contributed by atoms with van der Waals surface area (Å²) in [5.74, 6) is 0.469. The highest BCUT2D eigenvalue weighted by Gasteiger charge is 2.51. The van der Waals surface area contributed by atoms with Crippen LogP contribution in [0.1, 0.15) is 75.4 Å². The molecular formula is C36H45NO6Si. The number of ether oxygens (including phenoxy) is 2. The number of carbonyl (C=O) groups is 2. The van der Waals surface area contributed by atoms with Gasteiger partial charge < -0.3 is 24.3 Å². The fraction of sp³-hybridized carbons (Fsp3) is 0.444. The first-order valence-corrected chi connectivity index (χ1v) is 17.6. The molecule has 0 saturated heterocycles. The van der Waals surface area contributed by atoms with Crippen LogP contribution < -0.4 is 15.1 Å². The van der Waals surface area contributed by atoms with Crippen LogP contribution in [0.25, 0.3) is 0 Å². The molecule has 1 fully saturated rings. The summed E-state index contributed by atoms with van der Waals surface area (Å²) >= 11 is 0. The average Bonchev–Trinajstić information content (AvgIpc) is 3.76. The van der Waals surface area contributed by atoms with Crippen molar-refractivity contribution in [2.75, 3.05) is 13.2 Å². The Kier molecular flexibility index (Phi) is 8.96. The molecule has 2 N–H and O–H groups in total. The maximum Gasteiger partial charge on any atom is 0.410 e. The van der Waals surface area contributed by atoms with Crippen LogP contribution in [-0.4, -0.2) is 53.9 Å². The Labute approximate surface area is 262 Å². The predicted octanol–water partition coefficient (Wildman–Crippen LogP) is 6.01. The van der Waals surface area contributed by atoms with Crippen molar-refractivity contribution in [1.82, 2.24) is 4.90 Å². The van der Waals surface area contributed by atoms with Gasteiger partial charge in [-0.2, -0.15) is 0 Å². The van der Waals surface area contributed by atoms with E-state index in [9.17, 15) is 19.5 Å². The number of hydrogen-bond acceptors (Lipinski definition) is 5. The van der Waals surface area contributed by atoms with E-state index in [1.54, 1.807) is 17.0 Å². The fourth-order valence-corrected chi connectivity index (χ4v) is 10.2. The molecule has 3 aromatic carbocycles. The van der Waals surface area contributed by atoms with E-state index >= 15 is 0 Å². The molecule has 2 aliphatic rings. The Morgan fingerprint density at radius 3 is 2.11 bits per heavy atom. The third-order valence-electron chi connectivity index (χ3n) is 9.22. The molecule has 2 atom stereocenters. The molecule has 7 nitrogen and oxygen atoms in total. The highest BCUT2D eigenvalue weighted by Crippen LogP contribution is 2.48. The lowest BCUT2D eigenvalue weighted by atomic mass is 9.96. The molecule has 8 heteroatoms. The van der Waals surface area contributed by atoms with Gasteiger partial charge in [-0.05, 0) is 91.4 Å². The van der Waals surface area contributed by atoms with Crippen molar-refractivity contribution in [2.24, 2.45) is 11.8 Å². The van der Waals surface area contributed by atoms with Crippen LogP contribution >= 0.6 is 0 Å². The normalized spacial score (nSPS) is 18.4. The van der Waals surface area contributed by atoms with Crippen molar-refractivity contribution in [3.63, 3.8) is 0 Å². The minimum atomic E-state index is -3.05. The standard InChI is InChI=1S/C36H45NO6Si/c1-35(2,3)43-34(40)37-19-17-31-27(23-37)21-26(33(38)39)22-32(31)42-24-28-20-25(28)16-18-36(4,5)44(41,29-12-8-6-9-13-29)30-14-10-7-11-15-30/h6-15,21-22,25,28,41H,16-20,23-24H2,1-5H3,(H,38,39)/t25-,28+/m1/s1. The summed E-state index contributed by atoms with van der Waals surface area (Å²) in [6.07, 6.45) is 3.12. The summed E-state index contributed by atoms with van der Waals surface area (Å²) in [6.45, 7) is 11.2. The van der Waals surface area contributed by atoms with Crippen LogP contribution in [0.2, 0.25) is 5.04 Å². The van der Waals surface area contributed by atoms with Gasteiger partial charge in [0.2, 0.25) is 0 Å². The zero-order chi connectivity index (χ0) is 31.7. The molecule has 0 aromatic heterocycles. The van der Waals surface area contributed by atoms with Crippen LogP contribution in [0.15, 0.2) is 72.8 Å². The fourth-order valence-electron chi connectivity index (χ4n) is 6.49. The first-order chi connectivity index (χ1) is 20.8. The molecule has 1 amide bonds. The molecular weight excluding hydrogens is 570 g/mol. The molecule has 1 heterocycles. The number of carboxylic acid groups (broad SMARTS) is 1. The molecule has 0 bridgehead atoms. The van der Waals surface area contributed by atoms with Gasteiger partial charge >= 0.3 is 12.1 Å². The summed E-state index contributed by atoms with van der Waals surface area (Å²) in [5, 5.41) is 11.5. The van der Waals surface area contributed by atoms with E-state index in [2.05, 4.69) is 38.1 Å². The van der Waals surface area contributed by atoms with Crippen LogP contribution in [0.3, 0.4) is 0 Å². The summed E-state index contributed by atoms with van der Waals surface area (Å²) in [5.41, 5.74) is 1.31. The Morgan fingerprint density at radius 2 is 1.55 bits per heavy atom. The second kappa shape index (κ2) is 12.4. The van der Waals surface area contributed by atoms with E-state index in [0.29, 0.717) is 43.7 Å². The lowest BCUT2D eigenvalue weighted by Gasteiger charge is -2.41. The van der Waals surface area contributed by atoms with E-state index in [-0.39, 0.29) is 10.6 Å². The second-order valence-corrected chi connectivity index (χ2v) is 17.9. The van der Waals surface area contributed by atoms with Gasteiger partial charge in [-0.1, -0.05) is 74.5 Å². The molecule has 1 aliphatic heterocycles. The lowest BCUT2D eigenvalue weighted by Crippen LogP contribution is -2.65. The van der Waals surface area contributed by atoms with Gasteiger partial charge in [-0.15, -0.1) is 0 Å². The van der Waals surface area contributed by atoms with E-state index in [4.69, 9.17) is 9.47 Å². The first kappa shape index (κ1) is 31.8. The second-order valence-electron chi connectivity index (χ2n) is 14.0. The van der Waals surface area contributed by atoms with Crippen LogP contribution in [-0.2, 0) is 17.7 Å². The predicted molar refractivity (Wildman–Crippen MR) is 174 cm³/mol. The molecule has 234 valence electrons. The van der Waals surface area contributed by atoms with Crippen molar-refractivity contribution in [3.05, 3.63) is 89.5 Å². The van der Waals surface area contributed by atoms with Crippen molar-refractivity contribution in [3.8, 4) is 5.75 Å². The third kappa shape index (κ3) is 6.86. The molecule has 0 unspecified atom stereocenters. The maximum absolute atomic E-state index is 12.7. The Bertz CT molecular complexity index is 1440. The number of aromatic carboxylic acids is 1. The minimum absolute atomic E-state index is 0.157. The number of benzene rings is 3. The molecule has 0 spiro atoms. The highest BCUT2D eigenvalue weighted by atomic mass is 28.4. The quantitative estimate of drug-likeness (QED) is 0.272. The summed E-state index contributed by atoms with van der Waals surface area (Å²) < 4.78 is 11.9. The van der Waals surface area contributed by atoms with Crippen molar-refractivity contribution >= 4 is 30.8 Å². The van der Waals surface area contributed by atoms with Gasteiger partial charge in [0.1, 0.15) is 11.4 Å². The highest BCUT2D eigenvalue weighted by molar-refractivity contribution is 6.98. The lowest BCUT2D eigenvalue weighted by molar-refractivity contribution is 0.0223. The monoisotopic (exact) mass is 615 g/mol. The van der Waals surface area contributed by atoms with E-state index in [1.807, 2.05) is 57.2 Å². The number of amides is 1. The molecule has 5 rings (SSSR count). The van der Waals surface area contributed by atoms with Crippen molar-refractivity contribution in [2.45, 2.75) is 77.5 Å². The molecule has 1 aliphatic carbocycles. The Balaban J connectivity index is 1.24. The van der Waals surface area contributed by atoms with Gasteiger partial charge in [-0.25, -0.2) is 9.59 Å². The van der Waals surface area contributed by atoms with Crippen molar-refractivity contribution < 1.29 is 29.0 Å². The molecule has 3 aromatic rings. The Morgan fingerprint density at radius 1 is 0.932 bits per heavy atom. The smallest absolute Gasteiger partial charge is 0.410 e. The molecule has 0 radical (unpaired) electrons. The SMILES string of the molecule is CC(C)(C)OC(=O)N1CCc2c(cc(C(=O)O)cc2OC[C@@H]2C[C@H]2CCC(C)(C)[Si](O)(c2ccccc2)c2ccccc2)C1. The van der Waals surface area contributed by atoms with Crippen LogP contribution in [0.4, 0.5) is 4.79 Å². The largest absolute Gasteiger partial charge is 0.493 e. The average molecular weight is 616 g/mol. The van der Waals surface area contributed by atoms with Crippen LogP contribution in [0, 0.1) is 11.8 Å². The minimum Gasteiger partial charge on any atom is -0.493 e. The van der Waals surface area contributed by atoms with Crippen LogP contribution in [0.5, 0.6) is 5.75 Å².